The number of nitrogens with zero attached hydrogens (tertiary/aromatic N) is 3. The van der Waals surface area contributed by atoms with Gasteiger partial charge in [0.05, 0.1) is 11.6 Å². The van der Waals surface area contributed by atoms with E-state index in [1.807, 2.05) is 49.5 Å². The van der Waals surface area contributed by atoms with E-state index in [0.29, 0.717) is 5.56 Å². The second-order valence-electron chi connectivity index (χ2n) is 4.81. The number of fused-ring (bicyclic) bond motifs is 1. The minimum Gasteiger partial charge on any atom is -0.398 e. The summed E-state index contributed by atoms with van der Waals surface area (Å²) < 4.78 is 0. The summed E-state index contributed by atoms with van der Waals surface area (Å²) in [5.74, 6) is 0. The van der Waals surface area contributed by atoms with Crippen LogP contribution in [-0.2, 0) is 0 Å². The molecule has 0 amide bonds. The quantitative estimate of drug-likeness (QED) is 0.727. The smallest absolute Gasteiger partial charge is 0.0991 e. The monoisotopic (exact) mass is 274 g/mol. The van der Waals surface area contributed by atoms with Gasteiger partial charge in [0.15, 0.2) is 0 Å². The molecular weight excluding hydrogens is 260 g/mol. The van der Waals surface area contributed by atoms with Gasteiger partial charge < -0.3 is 10.6 Å². The van der Waals surface area contributed by atoms with Crippen molar-refractivity contribution in [3.8, 4) is 6.07 Å². The number of nitriles is 1. The number of hydrogen-bond acceptors (Lipinski definition) is 4. The third kappa shape index (κ3) is 2.26. The van der Waals surface area contributed by atoms with Gasteiger partial charge in [-0.05, 0) is 42.5 Å². The Morgan fingerprint density at radius 2 is 1.81 bits per heavy atom. The third-order valence-electron chi connectivity index (χ3n) is 3.57. The average Bonchev–Trinajstić information content (AvgIpc) is 2.55. The fourth-order valence-electron chi connectivity index (χ4n) is 2.39. The van der Waals surface area contributed by atoms with Crippen LogP contribution in [0.15, 0.2) is 54.9 Å². The summed E-state index contributed by atoms with van der Waals surface area (Å²) in [6.45, 7) is 0. The van der Waals surface area contributed by atoms with E-state index in [9.17, 15) is 0 Å². The highest BCUT2D eigenvalue weighted by molar-refractivity contribution is 6.01. The lowest BCUT2D eigenvalue weighted by Gasteiger charge is -2.22. The fraction of sp³-hybridized carbons (Fsp3) is 0.0588. The lowest BCUT2D eigenvalue weighted by Crippen LogP contribution is -2.10. The number of rotatable bonds is 2. The van der Waals surface area contributed by atoms with E-state index in [2.05, 4.69) is 16.0 Å². The molecule has 0 saturated carbocycles. The van der Waals surface area contributed by atoms with Crippen LogP contribution >= 0.6 is 0 Å². The normalized spacial score (nSPS) is 10.3. The number of hydrogen-bond donors (Lipinski definition) is 1. The summed E-state index contributed by atoms with van der Waals surface area (Å²) in [5.41, 5.74) is 9.43. The maximum Gasteiger partial charge on any atom is 0.0991 e. The molecule has 0 atom stereocenters. The second kappa shape index (κ2) is 5.14. The van der Waals surface area contributed by atoms with E-state index >= 15 is 0 Å². The maximum atomic E-state index is 8.87. The van der Waals surface area contributed by atoms with Gasteiger partial charge in [-0.15, -0.1) is 0 Å². The van der Waals surface area contributed by atoms with E-state index < -0.39 is 0 Å². The van der Waals surface area contributed by atoms with Crippen LogP contribution in [0.25, 0.3) is 10.8 Å². The molecule has 0 saturated heterocycles. The van der Waals surface area contributed by atoms with Gasteiger partial charge in [-0.25, -0.2) is 0 Å². The van der Waals surface area contributed by atoms with Gasteiger partial charge in [-0.3, -0.25) is 4.98 Å². The van der Waals surface area contributed by atoms with Crippen LogP contribution in [0, 0.1) is 11.3 Å². The summed E-state index contributed by atoms with van der Waals surface area (Å²) in [7, 11) is 1.99. The molecule has 0 fully saturated rings. The zero-order chi connectivity index (χ0) is 14.8. The van der Waals surface area contributed by atoms with Crippen LogP contribution in [0.5, 0.6) is 0 Å². The molecule has 4 nitrogen and oxygen atoms in total. The Kier molecular flexibility index (Phi) is 3.17. The van der Waals surface area contributed by atoms with Crippen molar-refractivity contribution in [2.45, 2.75) is 0 Å². The molecule has 0 aliphatic rings. The molecule has 3 rings (SSSR count). The number of nitrogens with two attached hydrogens (primary N) is 1. The van der Waals surface area contributed by atoms with Gasteiger partial charge in [-0.1, -0.05) is 0 Å². The maximum absolute atomic E-state index is 8.87. The molecule has 2 N–H and O–H groups in total. The molecule has 0 aliphatic heterocycles. The standard InChI is InChI=1S/C17H14N4/c1-21(13-4-2-12(10-18)3-5-13)17-7-6-16(19)15-11-20-9-8-14(15)17/h2-9,11H,19H2,1H3. The van der Waals surface area contributed by atoms with Gasteiger partial charge in [-0.2, -0.15) is 5.26 Å². The van der Waals surface area contributed by atoms with Gasteiger partial charge in [0, 0.05) is 47.3 Å². The van der Waals surface area contributed by atoms with E-state index in [1.165, 1.54) is 0 Å². The van der Waals surface area contributed by atoms with E-state index in [1.54, 1.807) is 12.4 Å². The topological polar surface area (TPSA) is 65.9 Å². The van der Waals surface area contributed by atoms with Crippen molar-refractivity contribution in [1.82, 2.24) is 4.98 Å². The molecule has 0 aliphatic carbocycles. The average molecular weight is 274 g/mol. The molecule has 2 aromatic carbocycles. The lowest BCUT2D eigenvalue weighted by atomic mass is 10.1. The van der Waals surface area contributed by atoms with Crippen LogP contribution in [0.4, 0.5) is 17.1 Å². The molecule has 3 aromatic rings. The molecule has 1 aromatic heterocycles. The Morgan fingerprint density at radius 1 is 1.05 bits per heavy atom. The first kappa shape index (κ1) is 12.9. The molecule has 4 heteroatoms. The third-order valence-corrected chi connectivity index (χ3v) is 3.57. The van der Waals surface area contributed by atoms with Gasteiger partial charge in [0.1, 0.15) is 0 Å². The SMILES string of the molecule is CN(c1ccc(C#N)cc1)c1ccc(N)c2cnccc12. The van der Waals surface area contributed by atoms with Crippen molar-refractivity contribution in [1.29, 1.82) is 5.26 Å². The molecular formula is C17H14N4. The summed E-state index contributed by atoms with van der Waals surface area (Å²) in [4.78, 5) is 6.21. The van der Waals surface area contributed by atoms with Crippen LogP contribution in [0.2, 0.25) is 0 Å². The molecule has 0 spiro atoms. The Bertz CT molecular complexity index is 832. The summed E-state index contributed by atoms with van der Waals surface area (Å²) in [5, 5.41) is 10.9. The number of nitrogen functional groups attached to an aromatic ring is 1. The highest BCUT2D eigenvalue weighted by Crippen LogP contribution is 2.33. The summed E-state index contributed by atoms with van der Waals surface area (Å²) in [6, 6.07) is 15.5. The number of anilines is 3. The Hall–Kier alpha value is -3.06. The van der Waals surface area contributed by atoms with Crippen molar-refractivity contribution in [3.05, 3.63) is 60.4 Å². The van der Waals surface area contributed by atoms with Crippen molar-refractivity contribution >= 4 is 27.8 Å². The highest BCUT2D eigenvalue weighted by Gasteiger charge is 2.10. The molecule has 0 radical (unpaired) electrons. The molecule has 102 valence electrons. The van der Waals surface area contributed by atoms with E-state index in [4.69, 9.17) is 11.0 Å². The van der Waals surface area contributed by atoms with Crippen LogP contribution in [0.1, 0.15) is 5.56 Å². The minimum atomic E-state index is 0.651. The fourth-order valence-corrected chi connectivity index (χ4v) is 2.39. The first-order valence-electron chi connectivity index (χ1n) is 6.57. The van der Waals surface area contributed by atoms with Crippen molar-refractivity contribution in [2.75, 3.05) is 17.7 Å². The minimum absolute atomic E-state index is 0.651. The predicted octanol–water partition coefficient (Wildman–Crippen LogP) is 3.46. The van der Waals surface area contributed by atoms with Gasteiger partial charge in [0.2, 0.25) is 0 Å². The molecule has 21 heavy (non-hydrogen) atoms. The van der Waals surface area contributed by atoms with Crippen LogP contribution in [0.3, 0.4) is 0 Å². The molecule has 1 heterocycles. The zero-order valence-corrected chi connectivity index (χ0v) is 11.6. The number of aromatic nitrogens is 1. The predicted molar refractivity (Wildman–Crippen MR) is 85.4 cm³/mol. The van der Waals surface area contributed by atoms with Crippen molar-refractivity contribution < 1.29 is 0 Å². The first-order chi connectivity index (χ1) is 10.2. The second-order valence-corrected chi connectivity index (χ2v) is 4.81. The van der Waals surface area contributed by atoms with Crippen LogP contribution in [-0.4, -0.2) is 12.0 Å². The first-order valence-corrected chi connectivity index (χ1v) is 6.57. The zero-order valence-electron chi connectivity index (χ0n) is 11.6. The lowest BCUT2D eigenvalue weighted by molar-refractivity contribution is 1.22. The Balaban J connectivity index is 2.11. The Morgan fingerprint density at radius 3 is 2.52 bits per heavy atom. The largest absolute Gasteiger partial charge is 0.398 e. The highest BCUT2D eigenvalue weighted by atomic mass is 15.1. The van der Waals surface area contributed by atoms with E-state index in [0.717, 1.165) is 27.8 Å². The summed E-state index contributed by atoms with van der Waals surface area (Å²) in [6.07, 6.45) is 3.54. The van der Waals surface area contributed by atoms with Crippen molar-refractivity contribution in [3.63, 3.8) is 0 Å². The van der Waals surface area contributed by atoms with Crippen molar-refractivity contribution in [2.24, 2.45) is 0 Å². The molecule has 0 unspecified atom stereocenters. The Labute approximate surface area is 123 Å². The van der Waals surface area contributed by atoms with Gasteiger partial charge >= 0.3 is 0 Å². The number of benzene rings is 2. The number of pyridine rings is 1. The molecule has 0 bridgehead atoms. The summed E-state index contributed by atoms with van der Waals surface area (Å²) >= 11 is 0. The van der Waals surface area contributed by atoms with Crippen LogP contribution < -0.4 is 10.6 Å². The van der Waals surface area contributed by atoms with Gasteiger partial charge in [0.25, 0.3) is 0 Å². The van der Waals surface area contributed by atoms with E-state index in [-0.39, 0.29) is 0 Å².